The number of hydrogen-bond acceptors (Lipinski definition) is 3. The van der Waals surface area contributed by atoms with Crippen molar-refractivity contribution in [1.82, 2.24) is 4.98 Å². The maximum atomic E-state index is 12.5. The van der Waals surface area contributed by atoms with E-state index < -0.39 is 11.5 Å². The predicted octanol–water partition coefficient (Wildman–Crippen LogP) is 5.19. The summed E-state index contributed by atoms with van der Waals surface area (Å²) in [5, 5.41) is 1.15. The van der Waals surface area contributed by atoms with Crippen LogP contribution in [0.25, 0.3) is 11.1 Å². The Labute approximate surface area is 161 Å². The zero-order chi connectivity index (χ0) is 16.8. The normalized spacial score (nSPS) is 14.9. The maximum Gasteiger partial charge on any atom is 0.340 e. The van der Waals surface area contributed by atoms with Crippen LogP contribution in [0.4, 0.5) is 0 Å². The van der Waals surface area contributed by atoms with Crippen LogP contribution in [0.2, 0.25) is 15.1 Å². The van der Waals surface area contributed by atoms with Gasteiger partial charge in [-0.3, -0.25) is 0 Å². The van der Waals surface area contributed by atoms with Crippen LogP contribution in [0.15, 0.2) is 18.3 Å². The van der Waals surface area contributed by atoms with Crippen LogP contribution in [-0.2, 0) is 10.3 Å². The van der Waals surface area contributed by atoms with Crippen molar-refractivity contribution < 1.29 is 9.53 Å². The average Bonchev–Trinajstić information content (AvgIpc) is 3.05. The highest BCUT2D eigenvalue weighted by Crippen LogP contribution is 2.47. The summed E-state index contributed by atoms with van der Waals surface area (Å²) in [6.45, 7) is 2.02. The molecule has 1 fully saturated rings. The number of nitrogens with two attached hydrogens (primary N) is 1. The summed E-state index contributed by atoms with van der Waals surface area (Å²) in [6.07, 6.45) is 3.30. The molecule has 8 heteroatoms. The Balaban J connectivity index is 0.00000208. The molecular formula is C16H16Cl4N2O2. The van der Waals surface area contributed by atoms with Crippen molar-refractivity contribution in [1.29, 1.82) is 0 Å². The number of aromatic amines is 1. The number of halogens is 4. The summed E-state index contributed by atoms with van der Waals surface area (Å²) in [4.78, 5) is 15.6. The van der Waals surface area contributed by atoms with Gasteiger partial charge >= 0.3 is 5.97 Å². The molecule has 0 saturated heterocycles. The molecule has 0 radical (unpaired) electrons. The van der Waals surface area contributed by atoms with E-state index >= 15 is 0 Å². The molecule has 130 valence electrons. The fraction of sp³-hybridized carbons (Fsp3) is 0.312. The van der Waals surface area contributed by atoms with Gasteiger partial charge in [-0.15, -0.1) is 12.4 Å². The van der Waals surface area contributed by atoms with E-state index in [1.807, 2.05) is 0 Å². The van der Waals surface area contributed by atoms with Crippen LogP contribution >= 0.6 is 47.2 Å². The number of H-pyrrole nitrogens is 1. The highest BCUT2D eigenvalue weighted by molar-refractivity contribution is 6.42. The van der Waals surface area contributed by atoms with Crippen LogP contribution < -0.4 is 5.73 Å². The highest BCUT2D eigenvalue weighted by atomic mass is 35.5. The highest BCUT2D eigenvalue weighted by Gasteiger charge is 2.45. The zero-order valence-corrected chi connectivity index (χ0v) is 15.9. The summed E-state index contributed by atoms with van der Waals surface area (Å²) in [7, 11) is 0. The van der Waals surface area contributed by atoms with Crippen molar-refractivity contribution in [3.8, 4) is 11.1 Å². The lowest BCUT2D eigenvalue weighted by molar-refractivity contribution is 0.0525. The van der Waals surface area contributed by atoms with Gasteiger partial charge in [0, 0.05) is 22.3 Å². The lowest BCUT2D eigenvalue weighted by Crippen LogP contribution is -2.23. The third-order valence-electron chi connectivity index (χ3n) is 3.92. The first-order chi connectivity index (χ1) is 10.9. The van der Waals surface area contributed by atoms with Crippen molar-refractivity contribution >= 4 is 53.2 Å². The summed E-state index contributed by atoms with van der Waals surface area (Å²) >= 11 is 18.6. The Morgan fingerprint density at radius 1 is 1.29 bits per heavy atom. The van der Waals surface area contributed by atoms with E-state index in [-0.39, 0.29) is 19.0 Å². The Morgan fingerprint density at radius 2 is 1.88 bits per heavy atom. The van der Waals surface area contributed by atoms with Crippen molar-refractivity contribution in [2.75, 3.05) is 6.61 Å². The van der Waals surface area contributed by atoms with E-state index in [0.29, 0.717) is 37.5 Å². The molecule has 4 nitrogen and oxygen atoms in total. The Kier molecular flexibility index (Phi) is 5.78. The second kappa shape index (κ2) is 7.14. The predicted molar refractivity (Wildman–Crippen MR) is 99.6 cm³/mol. The van der Waals surface area contributed by atoms with Gasteiger partial charge in [-0.2, -0.15) is 0 Å². The van der Waals surface area contributed by atoms with Gasteiger partial charge < -0.3 is 15.5 Å². The van der Waals surface area contributed by atoms with Crippen molar-refractivity contribution in [2.24, 2.45) is 5.73 Å². The molecule has 0 amide bonds. The van der Waals surface area contributed by atoms with Gasteiger partial charge in [0.2, 0.25) is 0 Å². The number of esters is 1. The van der Waals surface area contributed by atoms with Crippen molar-refractivity contribution in [3.63, 3.8) is 0 Å². The molecule has 0 spiro atoms. The molecule has 1 saturated carbocycles. The minimum Gasteiger partial charge on any atom is -0.462 e. The van der Waals surface area contributed by atoms with E-state index in [1.54, 1.807) is 25.3 Å². The average molecular weight is 410 g/mol. The van der Waals surface area contributed by atoms with E-state index in [4.69, 9.17) is 45.3 Å². The molecule has 0 aliphatic heterocycles. The minimum absolute atomic E-state index is 0. The second-order valence-electron chi connectivity index (χ2n) is 5.57. The summed E-state index contributed by atoms with van der Waals surface area (Å²) in [5.74, 6) is -0.447. The number of aromatic nitrogens is 1. The number of benzene rings is 1. The molecule has 24 heavy (non-hydrogen) atoms. The molecule has 0 bridgehead atoms. The molecule has 0 unspecified atom stereocenters. The van der Waals surface area contributed by atoms with Gasteiger partial charge in [0.15, 0.2) is 0 Å². The molecule has 3 N–H and O–H groups in total. The fourth-order valence-electron chi connectivity index (χ4n) is 2.61. The number of ether oxygens (including phenoxy) is 1. The molecule has 1 aromatic heterocycles. The van der Waals surface area contributed by atoms with Gasteiger partial charge in [0.05, 0.1) is 33.4 Å². The van der Waals surface area contributed by atoms with E-state index in [2.05, 4.69) is 4.98 Å². The first-order valence-corrected chi connectivity index (χ1v) is 8.33. The number of rotatable bonds is 4. The maximum absolute atomic E-state index is 12.5. The Morgan fingerprint density at radius 3 is 2.38 bits per heavy atom. The molecule has 1 aromatic carbocycles. The van der Waals surface area contributed by atoms with Crippen molar-refractivity contribution in [2.45, 2.75) is 25.3 Å². The third kappa shape index (κ3) is 3.39. The van der Waals surface area contributed by atoms with Crippen LogP contribution in [0.3, 0.4) is 0 Å². The third-order valence-corrected chi connectivity index (χ3v) is 4.74. The van der Waals surface area contributed by atoms with Crippen LogP contribution in [0.1, 0.15) is 35.8 Å². The SMILES string of the molecule is CCOC(=O)c1c(-c2c(Cl)cc(Cl)cc2Cl)c[nH]c1C1(N)CC1.Cl. The molecule has 2 aromatic rings. The van der Waals surface area contributed by atoms with Crippen LogP contribution in [0.5, 0.6) is 0 Å². The minimum atomic E-state index is -0.522. The van der Waals surface area contributed by atoms with Gasteiger partial charge in [-0.1, -0.05) is 34.8 Å². The van der Waals surface area contributed by atoms with Crippen LogP contribution in [-0.4, -0.2) is 17.6 Å². The fourth-order valence-corrected chi connectivity index (χ4v) is 3.63. The monoisotopic (exact) mass is 408 g/mol. The number of carbonyl (C=O) groups is 1. The quantitative estimate of drug-likeness (QED) is 0.682. The first kappa shape index (κ1) is 19.4. The first-order valence-electron chi connectivity index (χ1n) is 7.20. The second-order valence-corrected chi connectivity index (χ2v) is 6.82. The van der Waals surface area contributed by atoms with E-state index in [9.17, 15) is 4.79 Å². The Bertz CT molecular complexity index is 761. The number of hydrogen-bond donors (Lipinski definition) is 2. The number of nitrogens with one attached hydrogen (secondary N) is 1. The van der Waals surface area contributed by atoms with E-state index in [1.165, 1.54) is 0 Å². The topological polar surface area (TPSA) is 68.1 Å². The summed E-state index contributed by atoms with van der Waals surface area (Å²) in [5.41, 5.74) is 7.90. The zero-order valence-electron chi connectivity index (χ0n) is 12.8. The standard InChI is InChI=1S/C16H15Cl3N2O2.ClH/c1-2-23-15(22)13-9(7-21-14(13)16(20)3-4-16)12-10(18)5-8(17)6-11(12)19;/h5-7,21H,2-4,20H2,1H3;1H. The van der Waals surface area contributed by atoms with Crippen molar-refractivity contribution in [3.05, 3.63) is 44.7 Å². The van der Waals surface area contributed by atoms with Gasteiger partial charge in [0.25, 0.3) is 0 Å². The lowest BCUT2D eigenvalue weighted by atomic mass is 9.99. The molecule has 0 atom stereocenters. The Hall–Kier alpha value is -0.910. The molecule has 1 heterocycles. The molecule has 1 aliphatic carbocycles. The summed E-state index contributed by atoms with van der Waals surface area (Å²) in [6, 6.07) is 3.17. The molecule has 3 rings (SSSR count). The largest absolute Gasteiger partial charge is 0.462 e. The molecule has 1 aliphatic rings. The van der Waals surface area contributed by atoms with Crippen LogP contribution in [0, 0.1) is 0 Å². The van der Waals surface area contributed by atoms with E-state index in [0.717, 1.165) is 12.8 Å². The van der Waals surface area contributed by atoms with Gasteiger partial charge in [-0.25, -0.2) is 4.79 Å². The van der Waals surface area contributed by atoms with Gasteiger partial charge in [-0.05, 0) is 31.9 Å². The number of carbonyl (C=O) groups excluding carboxylic acids is 1. The molecular weight excluding hydrogens is 394 g/mol. The lowest BCUT2D eigenvalue weighted by Gasteiger charge is -2.13. The van der Waals surface area contributed by atoms with Gasteiger partial charge in [0.1, 0.15) is 0 Å². The summed E-state index contributed by atoms with van der Waals surface area (Å²) < 4.78 is 5.19. The smallest absolute Gasteiger partial charge is 0.340 e.